The molecule has 13 heavy (non-hydrogen) atoms. The first-order valence-electron chi connectivity index (χ1n) is 3.86. The molecule has 0 aromatic rings. The molecule has 0 unspecified atom stereocenters. The number of carbonyl (C=O) groups excluding carboxylic acids is 3. The summed E-state index contributed by atoms with van der Waals surface area (Å²) in [5, 5.41) is 0. The van der Waals surface area contributed by atoms with Crippen molar-refractivity contribution in [1.82, 2.24) is 0 Å². The van der Waals surface area contributed by atoms with Crippen LogP contribution in [0.5, 0.6) is 0 Å². The molecule has 0 radical (unpaired) electrons. The predicted molar refractivity (Wildman–Crippen MR) is 49.3 cm³/mol. The van der Waals surface area contributed by atoms with Crippen molar-refractivity contribution in [1.29, 1.82) is 0 Å². The molecule has 0 aliphatic rings. The standard InChI is InChI=1S/C7H14O2S.CO2/c1-3-10-6-4-5-7(8)9-2;2-1-3/h3-6H2,1-2H3;. The lowest BCUT2D eigenvalue weighted by atomic mass is 10.3. The van der Waals surface area contributed by atoms with Crippen molar-refractivity contribution in [3.63, 3.8) is 0 Å². The number of hydrogen-bond acceptors (Lipinski definition) is 5. The van der Waals surface area contributed by atoms with Crippen LogP contribution in [0.1, 0.15) is 19.8 Å². The summed E-state index contributed by atoms with van der Waals surface area (Å²) in [7, 11) is 1.43. The van der Waals surface area contributed by atoms with E-state index in [-0.39, 0.29) is 12.1 Å². The lowest BCUT2D eigenvalue weighted by Crippen LogP contribution is -1.99. The molecular weight excluding hydrogens is 192 g/mol. The zero-order valence-corrected chi connectivity index (χ0v) is 8.69. The SMILES string of the molecule is CCSCCCC(=O)OC.O=C=O. The minimum Gasteiger partial charge on any atom is -0.469 e. The normalized spacial score (nSPS) is 7.85. The van der Waals surface area contributed by atoms with Gasteiger partial charge in [0, 0.05) is 6.42 Å². The Kier molecular flexibility index (Phi) is 15.6. The van der Waals surface area contributed by atoms with Crippen molar-refractivity contribution < 1.29 is 19.1 Å². The molecule has 0 saturated heterocycles. The molecule has 0 N–H and O–H groups in total. The number of hydrogen-bond donors (Lipinski definition) is 0. The summed E-state index contributed by atoms with van der Waals surface area (Å²) in [6.45, 7) is 2.11. The first kappa shape index (κ1) is 14.7. The van der Waals surface area contributed by atoms with Crippen LogP contribution in [0.3, 0.4) is 0 Å². The molecule has 0 amide bonds. The van der Waals surface area contributed by atoms with Gasteiger partial charge in [0.1, 0.15) is 0 Å². The highest BCUT2D eigenvalue weighted by Gasteiger charge is 1.97. The highest BCUT2D eigenvalue weighted by atomic mass is 32.2. The van der Waals surface area contributed by atoms with Crippen LogP contribution in [0.2, 0.25) is 0 Å². The Labute approximate surface area is 82.0 Å². The Bertz CT molecular complexity index is 152. The van der Waals surface area contributed by atoms with Gasteiger partial charge in [0.05, 0.1) is 7.11 Å². The molecule has 0 aliphatic heterocycles. The van der Waals surface area contributed by atoms with Crippen LogP contribution < -0.4 is 0 Å². The summed E-state index contributed by atoms with van der Waals surface area (Å²) in [6.07, 6.45) is 1.74. The molecule has 0 atom stereocenters. The van der Waals surface area contributed by atoms with Gasteiger partial charge in [-0.25, -0.2) is 0 Å². The van der Waals surface area contributed by atoms with E-state index >= 15 is 0 Å². The summed E-state index contributed by atoms with van der Waals surface area (Å²) < 4.78 is 4.48. The van der Waals surface area contributed by atoms with Crippen molar-refractivity contribution in [2.75, 3.05) is 18.6 Å². The zero-order chi connectivity index (χ0) is 10.5. The average molecular weight is 206 g/mol. The van der Waals surface area contributed by atoms with Crippen molar-refractivity contribution in [2.45, 2.75) is 19.8 Å². The Morgan fingerprint density at radius 1 is 1.46 bits per heavy atom. The fraction of sp³-hybridized carbons (Fsp3) is 0.750. The highest BCUT2D eigenvalue weighted by Crippen LogP contribution is 2.03. The summed E-state index contributed by atoms with van der Waals surface area (Å²) in [5.74, 6) is 2.09. The van der Waals surface area contributed by atoms with Gasteiger partial charge in [-0.1, -0.05) is 6.92 Å². The van der Waals surface area contributed by atoms with E-state index in [0.29, 0.717) is 6.42 Å². The monoisotopic (exact) mass is 206 g/mol. The van der Waals surface area contributed by atoms with Crippen LogP contribution in [0.4, 0.5) is 0 Å². The number of carbonyl (C=O) groups is 1. The third-order valence-electron chi connectivity index (χ3n) is 1.10. The van der Waals surface area contributed by atoms with E-state index in [4.69, 9.17) is 9.59 Å². The second-order valence-electron chi connectivity index (χ2n) is 1.96. The van der Waals surface area contributed by atoms with E-state index in [1.807, 2.05) is 11.8 Å². The minimum absolute atomic E-state index is 0.100. The Hall–Kier alpha value is -0.800. The molecule has 0 bridgehead atoms. The molecule has 0 spiro atoms. The summed E-state index contributed by atoms with van der Waals surface area (Å²) in [6, 6.07) is 0. The van der Waals surface area contributed by atoms with Gasteiger partial charge in [-0.2, -0.15) is 21.4 Å². The Morgan fingerprint density at radius 3 is 2.38 bits per heavy atom. The third-order valence-corrected chi connectivity index (χ3v) is 2.09. The summed E-state index contributed by atoms with van der Waals surface area (Å²) >= 11 is 1.85. The molecule has 0 aromatic heterocycles. The Balaban J connectivity index is 0. The predicted octanol–water partition coefficient (Wildman–Crippen LogP) is 1.11. The molecule has 76 valence electrons. The van der Waals surface area contributed by atoms with Gasteiger partial charge in [0.2, 0.25) is 0 Å². The topological polar surface area (TPSA) is 60.4 Å². The second kappa shape index (κ2) is 13.8. The lowest BCUT2D eigenvalue weighted by Gasteiger charge is -1.97. The van der Waals surface area contributed by atoms with E-state index < -0.39 is 0 Å². The maximum Gasteiger partial charge on any atom is 0.373 e. The smallest absolute Gasteiger partial charge is 0.373 e. The van der Waals surface area contributed by atoms with Crippen LogP contribution in [0, 0.1) is 0 Å². The van der Waals surface area contributed by atoms with Gasteiger partial charge >= 0.3 is 12.1 Å². The maximum absolute atomic E-state index is 10.5. The first-order valence-corrected chi connectivity index (χ1v) is 5.02. The highest BCUT2D eigenvalue weighted by molar-refractivity contribution is 7.99. The van der Waals surface area contributed by atoms with Crippen molar-refractivity contribution in [3.05, 3.63) is 0 Å². The van der Waals surface area contributed by atoms with Crippen LogP contribution in [-0.2, 0) is 19.1 Å². The summed E-state index contributed by atoms with van der Waals surface area (Å²) in [5.41, 5.74) is 0. The maximum atomic E-state index is 10.5. The average Bonchev–Trinajstić information content (AvgIpc) is 2.13. The summed E-state index contributed by atoms with van der Waals surface area (Å²) in [4.78, 5) is 26.8. The number of methoxy groups -OCH3 is 1. The van der Waals surface area contributed by atoms with Gasteiger partial charge in [-0.15, -0.1) is 0 Å². The van der Waals surface area contributed by atoms with Crippen LogP contribution >= 0.6 is 11.8 Å². The number of ether oxygens (including phenoxy) is 1. The van der Waals surface area contributed by atoms with Crippen LogP contribution in [-0.4, -0.2) is 30.7 Å². The van der Waals surface area contributed by atoms with Gasteiger partial charge in [0.15, 0.2) is 0 Å². The molecule has 0 heterocycles. The van der Waals surface area contributed by atoms with E-state index in [1.165, 1.54) is 7.11 Å². The molecular formula is C8H14O4S. The molecule has 0 rings (SSSR count). The molecule has 0 aromatic carbocycles. The quantitative estimate of drug-likeness (QED) is 0.498. The molecule has 0 fully saturated rings. The molecule has 0 saturated carbocycles. The fourth-order valence-corrected chi connectivity index (χ4v) is 1.20. The van der Waals surface area contributed by atoms with Crippen molar-refractivity contribution in [3.8, 4) is 0 Å². The lowest BCUT2D eigenvalue weighted by molar-refractivity contribution is -0.191. The van der Waals surface area contributed by atoms with Crippen LogP contribution in [0.25, 0.3) is 0 Å². The number of rotatable bonds is 5. The van der Waals surface area contributed by atoms with E-state index in [0.717, 1.165) is 17.9 Å². The van der Waals surface area contributed by atoms with Crippen molar-refractivity contribution in [2.24, 2.45) is 0 Å². The van der Waals surface area contributed by atoms with Crippen LogP contribution in [0.15, 0.2) is 0 Å². The van der Waals surface area contributed by atoms with E-state index in [2.05, 4.69) is 11.7 Å². The zero-order valence-electron chi connectivity index (χ0n) is 7.87. The van der Waals surface area contributed by atoms with Gasteiger partial charge in [0.25, 0.3) is 0 Å². The molecule has 4 nitrogen and oxygen atoms in total. The minimum atomic E-state index is -0.100. The van der Waals surface area contributed by atoms with Gasteiger partial charge in [-0.3, -0.25) is 4.79 Å². The fourth-order valence-electron chi connectivity index (χ4n) is 0.565. The first-order chi connectivity index (χ1) is 6.22. The third kappa shape index (κ3) is 18.3. The second-order valence-corrected chi connectivity index (χ2v) is 3.35. The molecule has 0 aliphatic carbocycles. The van der Waals surface area contributed by atoms with E-state index in [1.54, 1.807) is 0 Å². The number of thioether (sulfide) groups is 1. The van der Waals surface area contributed by atoms with Gasteiger partial charge in [-0.05, 0) is 17.9 Å². The van der Waals surface area contributed by atoms with E-state index in [9.17, 15) is 4.79 Å². The number of esters is 1. The largest absolute Gasteiger partial charge is 0.469 e. The Morgan fingerprint density at radius 2 is 2.00 bits per heavy atom. The molecule has 5 heteroatoms. The van der Waals surface area contributed by atoms with Gasteiger partial charge < -0.3 is 4.74 Å². The van der Waals surface area contributed by atoms with Crippen molar-refractivity contribution >= 4 is 23.9 Å².